The summed E-state index contributed by atoms with van der Waals surface area (Å²) in [7, 11) is -3.94. The van der Waals surface area contributed by atoms with Crippen LogP contribution in [0.1, 0.15) is 54.0 Å². The maximum Gasteiger partial charge on any atom is 0.419 e. The van der Waals surface area contributed by atoms with Crippen LogP contribution in [0.15, 0.2) is 47.5 Å². The quantitative estimate of drug-likeness (QED) is 0.456. The number of hydrogen-bond donors (Lipinski definition) is 1. The highest BCUT2D eigenvalue weighted by molar-refractivity contribution is 7.89. The molecule has 0 aliphatic heterocycles. The van der Waals surface area contributed by atoms with Crippen molar-refractivity contribution in [1.29, 1.82) is 0 Å². The summed E-state index contributed by atoms with van der Waals surface area (Å²) < 4.78 is 54.7. The van der Waals surface area contributed by atoms with Crippen molar-refractivity contribution >= 4 is 33.0 Å². The predicted octanol–water partition coefficient (Wildman–Crippen LogP) is 5.37. The number of sulfonamides is 1. The Kier molecular flexibility index (Phi) is 7.34. The van der Waals surface area contributed by atoms with Crippen molar-refractivity contribution in [3.63, 3.8) is 0 Å². The Bertz CT molecular complexity index is 1430. The average molecular weight is 519 g/mol. The third kappa shape index (κ3) is 6.50. The lowest BCUT2D eigenvalue weighted by molar-refractivity contribution is -0.142. The van der Waals surface area contributed by atoms with Crippen molar-refractivity contribution in [2.75, 3.05) is 0 Å². The molecular formula is C26H31FN2O6S. The Labute approximate surface area is 210 Å². The highest BCUT2D eigenvalue weighted by Gasteiger charge is 2.26. The lowest BCUT2D eigenvalue weighted by atomic mass is 10.0. The molecule has 10 heteroatoms. The summed E-state index contributed by atoms with van der Waals surface area (Å²) in [4.78, 5) is 24.3. The van der Waals surface area contributed by atoms with E-state index in [9.17, 15) is 22.4 Å². The van der Waals surface area contributed by atoms with E-state index in [-0.39, 0.29) is 17.1 Å². The van der Waals surface area contributed by atoms with Gasteiger partial charge < -0.3 is 9.47 Å². The molecule has 3 aromatic rings. The number of carbonyl (C=O) groups is 2. The van der Waals surface area contributed by atoms with Crippen molar-refractivity contribution in [2.24, 2.45) is 0 Å². The number of rotatable bonds is 5. The van der Waals surface area contributed by atoms with E-state index in [0.717, 1.165) is 0 Å². The Morgan fingerprint density at radius 3 is 2.28 bits per heavy atom. The summed E-state index contributed by atoms with van der Waals surface area (Å²) in [5.74, 6) is -1.09. The van der Waals surface area contributed by atoms with E-state index in [4.69, 9.17) is 9.47 Å². The molecule has 0 aliphatic rings. The topological polar surface area (TPSA) is 104 Å². The second-order valence-electron chi connectivity index (χ2n) is 10.5. The molecule has 0 aliphatic carbocycles. The molecule has 0 unspecified atom stereocenters. The van der Waals surface area contributed by atoms with Crippen molar-refractivity contribution in [3.05, 3.63) is 54.0 Å². The standard InChI is InChI=1S/C26H31FN2O6S/c1-16(30)34-15-18-12-17(8-11-23(18)36(32,33)28-25(2,3)4)21-14-29(24(31)35-26(5,6)7)22-13-19(27)9-10-20(21)22/h8-14,28H,15H2,1-7H3. The number of fused-ring (bicyclic) bond motifs is 1. The van der Waals surface area contributed by atoms with Crippen LogP contribution in [0.5, 0.6) is 0 Å². The first kappa shape index (κ1) is 27.3. The minimum absolute atomic E-state index is 0.0376. The van der Waals surface area contributed by atoms with Crippen molar-refractivity contribution in [3.8, 4) is 11.1 Å². The molecule has 0 radical (unpaired) electrons. The van der Waals surface area contributed by atoms with Gasteiger partial charge in [0.15, 0.2) is 0 Å². The van der Waals surface area contributed by atoms with Gasteiger partial charge in [-0.1, -0.05) is 6.07 Å². The number of nitrogens with one attached hydrogen (secondary N) is 1. The van der Waals surface area contributed by atoms with Crippen LogP contribution in [0.25, 0.3) is 22.0 Å². The predicted molar refractivity (Wildman–Crippen MR) is 135 cm³/mol. The van der Waals surface area contributed by atoms with Crippen LogP contribution >= 0.6 is 0 Å². The first-order valence-electron chi connectivity index (χ1n) is 11.3. The highest BCUT2D eigenvalue weighted by atomic mass is 32.2. The number of esters is 1. The number of aromatic nitrogens is 1. The van der Waals surface area contributed by atoms with E-state index in [1.54, 1.807) is 59.7 Å². The molecular weight excluding hydrogens is 487 g/mol. The van der Waals surface area contributed by atoms with Crippen LogP contribution in [-0.2, 0) is 30.9 Å². The molecule has 1 heterocycles. The van der Waals surface area contributed by atoms with Gasteiger partial charge in [-0.3, -0.25) is 9.36 Å². The van der Waals surface area contributed by atoms with Crippen LogP contribution in [0.3, 0.4) is 0 Å². The SMILES string of the molecule is CC(=O)OCc1cc(-c2cn(C(=O)OC(C)(C)C)c3cc(F)ccc23)ccc1S(=O)(=O)NC(C)(C)C. The van der Waals surface area contributed by atoms with E-state index < -0.39 is 39.0 Å². The average Bonchev–Trinajstić information content (AvgIpc) is 3.07. The molecule has 0 atom stereocenters. The van der Waals surface area contributed by atoms with Gasteiger partial charge in [-0.2, -0.15) is 0 Å². The van der Waals surface area contributed by atoms with Crippen LogP contribution in [-0.4, -0.2) is 36.2 Å². The first-order chi connectivity index (χ1) is 16.5. The Hall–Kier alpha value is -3.24. The molecule has 0 bridgehead atoms. The summed E-state index contributed by atoms with van der Waals surface area (Å²) in [5.41, 5.74) is 0.139. The van der Waals surface area contributed by atoms with Crippen molar-refractivity contribution in [1.82, 2.24) is 9.29 Å². The molecule has 36 heavy (non-hydrogen) atoms. The molecule has 0 fully saturated rings. The van der Waals surface area contributed by atoms with E-state index in [2.05, 4.69) is 4.72 Å². The molecule has 1 aromatic heterocycles. The number of nitrogens with zero attached hydrogens (tertiary/aromatic N) is 1. The van der Waals surface area contributed by atoms with Gasteiger partial charge >= 0.3 is 12.1 Å². The zero-order valence-electron chi connectivity index (χ0n) is 21.4. The van der Waals surface area contributed by atoms with Gasteiger partial charge in [-0.05, 0) is 77.4 Å². The molecule has 0 spiro atoms. The zero-order valence-corrected chi connectivity index (χ0v) is 22.2. The van der Waals surface area contributed by atoms with E-state index in [0.29, 0.717) is 22.0 Å². The summed E-state index contributed by atoms with van der Waals surface area (Å²) in [6, 6.07) is 8.64. The maximum atomic E-state index is 14.1. The number of halogens is 1. The molecule has 8 nitrogen and oxygen atoms in total. The van der Waals surface area contributed by atoms with Gasteiger partial charge in [-0.25, -0.2) is 22.3 Å². The largest absolute Gasteiger partial charge is 0.461 e. The Morgan fingerprint density at radius 2 is 1.69 bits per heavy atom. The fraction of sp³-hybridized carbons (Fsp3) is 0.385. The maximum absolute atomic E-state index is 14.1. The van der Waals surface area contributed by atoms with Crippen LogP contribution in [0.4, 0.5) is 9.18 Å². The summed E-state index contributed by atoms with van der Waals surface area (Å²) >= 11 is 0. The van der Waals surface area contributed by atoms with Gasteiger partial charge in [-0.15, -0.1) is 0 Å². The van der Waals surface area contributed by atoms with E-state index >= 15 is 0 Å². The van der Waals surface area contributed by atoms with Crippen LogP contribution in [0.2, 0.25) is 0 Å². The molecule has 0 amide bonds. The van der Waals surface area contributed by atoms with E-state index in [1.165, 1.54) is 35.9 Å². The fourth-order valence-corrected chi connectivity index (χ4v) is 5.28. The van der Waals surface area contributed by atoms with Gasteiger partial charge in [0.1, 0.15) is 18.0 Å². The lowest BCUT2D eigenvalue weighted by Crippen LogP contribution is -2.40. The van der Waals surface area contributed by atoms with Gasteiger partial charge in [0, 0.05) is 35.2 Å². The second kappa shape index (κ2) is 9.67. The molecule has 0 saturated carbocycles. The van der Waals surface area contributed by atoms with Crippen LogP contribution in [0, 0.1) is 5.82 Å². The minimum atomic E-state index is -3.94. The third-order valence-electron chi connectivity index (χ3n) is 4.89. The summed E-state index contributed by atoms with van der Waals surface area (Å²) in [6.45, 7) is 11.3. The summed E-state index contributed by atoms with van der Waals surface area (Å²) in [5, 5.41) is 0.559. The Balaban J connectivity index is 2.20. The number of ether oxygens (including phenoxy) is 2. The molecule has 194 valence electrons. The van der Waals surface area contributed by atoms with Gasteiger partial charge in [0.25, 0.3) is 0 Å². The normalized spacial score (nSPS) is 12.6. The lowest BCUT2D eigenvalue weighted by Gasteiger charge is -2.22. The third-order valence-corrected chi connectivity index (χ3v) is 6.75. The van der Waals surface area contributed by atoms with Crippen molar-refractivity contribution in [2.45, 2.75) is 71.1 Å². The Morgan fingerprint density at radius 1 is 1.03 bits per heavy atom. The fourth-order valence-electron chi connectivity index (χ4n) is 3.65. The second-order valence-corrected chi connectivity index (χ2v) is 12.2. The number of benzene rings is 2. The van der Waals surface area contributed by atoms with E-state index in [1.807, 2.05) is 0 Å². The monoisotopic (exact) mass is 518 g/mol. The number of hydrogen-bond acceptors (Lipinski definition) is 6. The molecule has 3 rings (SSSR count). The van der Waals surface area contributed by atoms with Gasteiger partial charge in [0.05, 0.1) is 10.4 Å². The number of carbonyl (C=O) groups excluding carboxylic acids is 2. The molecule has 2 aromatic carbocycles. The summed E-state index contributed by atoms with van der Waals surface area (Å²) in [6.07, 6.45) is 0.836. The molecule has 0 saturated heterocycles. The van der Waals surface area contributed by atoms with Crippen LogP contribution < -0.4 is 4.72 Å². The highest BCUT2D eigenvalue weighted by Crippen LogP contribution is 2.34. The minimum Gasteiger partial charge on any atom is -0.461 e. The zero-order chi connectivity index (χ0) is 27.1. The molecule has 1 N–H and O–H groups in total. The van der Waals surface area contributed by atoms with Gasteiger partial charge in [0.2, 0.25) is 10.0 Å². The first-order valence-corrected chi connectivity index (χ1v) is 12.8. The van der Waals surface area contributed by atoms with Crippen molar-refractivity contribution < 1.29 is 31.9 Å². The smallest absolute Gasteiger partial charge is 0.419 e.